The standard InChI is InChI=1S/C21H14ClF3N4O/c22-15-8-6-13(7-9-15)12-26-20(30)17-11-19-27-16(14-4-2-1-3-5-14)10-18(21(23,24)25)29(19)28-17/h1-11H,12H2,(H,26,30). The van der Waals surface area contributed by atoms with Crippen LogP contribution in [0.5, 0.6) is 0 Å². The van der Waals surface area contributed by atoms with Crippen molar-refractivity contribution in [1.82, 2.24) is 19.9 Å². The molecule has 2 heterocycles. The summed E-state index contributed by atoms with van der Waals surface area (Å²) in [6, 6.07) is 17.5. The van der Waals surface area contributed by atoms with Gasteiger partial charge in [-0.05, 0) is 23.8 Å². The van der Waals surface area contributed by atoms with Crippen molar-refractivity contribution in [3.63, 3.8) is 0 Å². The van der Waals surface area contributed by atoms with E-state index in [0.29, 0.717) is 15.1 Å². The van der Waals surface area contributed by atoms with Gasteiger partial charge in [-0.25, -0.2) is 9.50 Å². The maximum absolute atomic E-state index is 13.6. The largest absolute Gasteiger partial charge is 0.433 e. The number of aromatic nitrogens is 3. The number of hydrogen-bond acceptors (Lipinski definition) is 3. The van der Waals surface area contributed by atoms with Gasteiger partial charge in [0.1, 0.15) is 0 Å². The minimum absolute atomic E-state index is 0.0691. The molecular formula is C21H14ClF3N4O. The first-order valence-corrected chi connectivity index (χ1v) is 9.25. The van der Waals surface area contributed by atoms with Crippen molar-refractivity contribution in [3.05, 3.63) is 88.7 Å². The number of carbonyl (C=O) groups excluding carboxylic acids is 1. The van der Waals surface area contributed by atoms with E-state index in [-0.39, 0.29) is 23.6 Å². The number of halogens is 4. The molecule has 4 rings (SSSR count). The zero-order valence-corrected chi connectivity index (χ0v) is 16.1. The molecule has 0 fully saturated rings. The van der Waals surface area contributed by atoms with Gasteiger partial charge in [-0.3, -0.25) is 4.79 Å². The summed E-state index contributed by atoms with van der Waals surface area (Å²) in [7, 11) is 0. The molecule has 0 aliphatic rings. The summed E-state index contributed by atoms with van der Waals surface area (Å²) in [5, 5.41) is 7.04. The number of nitrogens with one attached hydrogen (secondary N) is 1. The fourth-order valence-electron chi connectivity index (χ4n) is 2.92. The predicted octanol–water partition coefficient (Wildman–Crippen LogP) is 5.00. The van der Waals surface area contributed by atoms with Crippen molar-refractivity contribution >= 4 is 23.2 Å². The zero-order chi connectivity index (χ0) is 21.3. The van der Waals surface area contributed by atoms with Crippen LogP contribution in [0.3, 0.4) is 0 Å². The van der Waals surface area contributed by atoms with Crippen molar-refractivity contribution in [3.8, 4) is 11.3 Å². The number of benzene rings is 2. The van der Waals surface area contributed by atoms with E-state index < -0.39 is 17.8 Å². The Morgan fingerprint density at radius 3 is 2.40 bits per heavy atom. The molecule has 0 bridgehead atoms. The number of alkyl halides is 3. The van der Waals surface area contributed by atoms with Gasteiger partial charge in [-0.1, -0.05) is 54.1 Å². The lowest BCUT2D eigenvalue weighted by atomic mass is 10.1. The van der Waals surface area contributed by atoms with E-state index in [9.17, 15) is 18.0 Å². The van der Waals surface area contributed by atoms with E-state index in [0.717, 1.165) is 11.6 Å². The van der Waals surface area contributed by atoms with Gasteiger partial charge in [-0.15, -0.1) is 0 Å². The smallest absolute Gasteiger partial charge is 0.347 e. The molecule has 4 aromatic rings. The second-order valence-electron chi connectivity index (χ2n) is 6.50. The van der Waals surface area contributed by atoms with Crippen LogP contribution < -0.4 is 5.32 Å². The van der Waals surface area contributed by atoms with Gasteiger partial charge in [0.05, 0.1) is 5.69 Å². The second-order valence-corrected chi connectivity index (χ2v) is 6.94. The average molecular weight is 431 g/mol. The van der Waals surface area contributed by atoms with E-state index in [1.165, 1.54) is 6.07 Å². The van der Waals surface area contributed by atoms with Gasteiger partial charge >= 0.3 is 6.18 Å². The first-order chi connectivity index (χ1) is 14.3. The van der Waals surface area contributed by atoms with E-state index in [4.69, 9.17) is 11.6 Å². The molecule has 30 heavy (non-hydrogen) atoms. The average Bonchev–Trinajstić information content (AvgIpc) is 3.16. The Morgan fingerprint density at radius 1 is 1.03 bits per heavy atom. The van der Waals surface area contributed by atoms with Crippen molar-refractivity contribution in [1.29, 1.82) is 0 Å². The molecule has 0 aliphatic heterocycles. The molecule has 0 atom stereocenters. The van der Waals surface area contributed by atoms with Crippen LogP contribution in [0.1, 0.15) is 21.7 Å². The minimum atomic E-state index is -4.67. The Kier molecular flexibility index (Phi) is 5.17. The van der Waals surface area contributed by atoms with Crippen LogP contribution in [0.15, 0.2) is 66.7 Å². The van der Waals surface area contributed by atoms with Crippen LogP contribution in [0.2, 0.25) is 5.02 Å². The van der Waals surface area contributed by atoms with Gasteiger partial charge in [0.25, 0.3) is 5.91 Å². The van der Waals surface area contributed by atoms with Gasteiger partial charge in [0.15, 0.2) is 17.0 Å². The fourth-order valence-corrected chi connectivity index (χ4v) is 3.05. The SMILES string of the molecule is O=C(NCc1ccc(Cl)cc1)c1cc2nc(-c3ccccc3)cc(C(F)(F)F)n2n1. The lowest BCUT2D eigenvalue weighted by Crippen LogP contribution is -2.23. The molecule has 152 valence electrons. The lowest BCUT2D eigenvalue weighted by Gasteiger charge is -2.10. The van der Waals surface area contributed by atoms with Crippen LogP contribution in [-0.4, -0.2) is 20.5 Å². The summed E-state index contributed by atoms with van der Waals surface area (Å²) >= 11 is 5.83. The molecule has 0 aliphatic carbocycles. The third-order valence-electron chi connectivity index (χ3n) is 4.39. The van der Waals surface area contributed by atoms with E-state index in [2.05, 4.69) is 15.4 Å². The van der Waals surface area contributed by atoms with Crippen molar-refractivity contribution in [2.75, 3.05) is 0 Å². The molecule has 0 saturated heterocycles. The van der Waals surface area contributed by atoms with Crippen molar-refractivity contribution in [2.45, 2.75) is 12.7 Å². The predicted molar refractivity (Wildman–Crippen MR) is 106 cm³/mol. The van der Waals surface area contributed by atoms with Crippen LogP contribution in [0, 0.1) is 0 Å². The maximum atomic E-state index is 13.6. The highest BCUT2D eigenvalue weighted by Gasteiger charge is 2.35. The normalized spacial score (nSPS) is 11.6. The second kappa shape index (κ2) is 7.79. The number of nitrogens with zero attached hydrogens (tertiary/aromatic N) is 3. The fraction of sp³-hybridized carbons (Fsp3) is 0.0952. The molecule has 0 unspecified atom stereocenters. The summed E-state index contributed by atoms with van der Waals surface area (Å²) < 4.78 is 41.5. The molecule has 1 amide bonds. The Hall–Kier alpha value is -3.39. The Bertz CT molecular complexity index is 1200. The minimum Gasteiger partial charge on any atom is -0.347 e. The number of carbonyl (C=O) groups is 1. The summed E-state index contributed by atoms with van der Waals surface area (Å²) in [5.41, 5.74) is 0.219. The summed E-state index contributed by atoms with van der Waals surface area (Å²) in [6.45, 7) is 0.179. The highest BCUT2D eigenvalue weighted by molar-refractivity contribution is 6.30. The third kappa shape index (κ3) is 4.13. The topological polar surface area (TPSA) is 59.3 Å². The van der Waals surface area contributed by atoms with Gasteiger partial charge in [-0.2, -0.15) is 18.3 Å². The van der Waals surface area contributed by atoms with E-state index in [1.54, 1.807) is 54.6 Å². The van der Waals surface area contributed by atoms with Crippen molar-refractivity contribution < 1.29 is 18.0 Å². The maximum Gasteiger partial charge on any atom is 0.433 e. The monoisotopic (exact) mass is 430 g/mol. The molecule has 5 nitrogen and oxygen atoms in total. The van der Waals surface area contributed by atoms with Gasteiger partial charge in [0.2, 0.25) is 0 Å². The molecule has 0 spiro atoms. The number of fused-ring (bicyclic) bond motifs is 1. The van der Waals surface area contributed by atoms with Gasteiger partial charge in [0, 0.05) is 23.2 Å². The Morgan fingerprint density at radius 2 is 1.73 bits per heavy atom. The first kappa shape index (κ1) is 19.9. The van der Waals surface area contributed by atoms with E-state index >= 15 is 0 Å². The number of amides is 1. The molecule has 0 radical (unpaired) electrons. The quantitative estimate of drug-likeness (QED) is 0.495. The van der Waals surface area contributed by atoms with Crippen LogP contribution in [-0.2, 0) is 12.7 Å². The van der Waals surface area contributed by atoms with E-state index in [1.807, 2.05) is 0 Å². The van der Waals surface area contributed by atoms with Gasteiger partial charge < -0.3 is 5.32 Å². The number of hydrogen-bond donors (Lipinski definition) is 1. The molecule has 1 N–H and O–H groups in total. The van der Waals surface area contributed by atoms with Crippen LogP contribution in [0.4, 0.5) is 13.2 Å². The zero-order valence-electron chi connectivity index (χ0n) is 15.3. The third-order valence-corrected chi connectivity index (χ3v) is 4.64. The van der Waals surface area contributed by atoms with Crippen LogP contribution in [0.25, 0.3) is 16.9 Å². The molecule has 9 heteroatoms. The van der Waals surface area contributed by atoms with Crippen molar-refractivity contribution in [2.24, 2.45) is 0 Å². The lowest BCUT2D eigenvalue weighted by molar-refractivity contribution is -0.142. The Balaban J connectivity index is 1.68. The highest BCUT2D eigenvalue weighted by atomic mass is 35.5. The summed E-state index contributed by atoms with van der Waals surface area (Å²) in [4.78, 5) is 16.7. The molecule has 2 aromatic carbocycles. The van der Waals surface area contributed by atoms with Crippen LogP contribution >= 0.6 is 11.6 Å². The number of rotatable bonds is 4. The highest BCUT2D eigenvalue weighted by Crippen LogP contribution is 2.32. The summed E-state index contributed by atoms with van der Waals surface area (Å²) in [5.74, 6) is -0.607. The molecule has 0 saturated carbocycles. The first-order valence-electron chi connectivity index (χ1n) is 8.87. The molecule has 2 aromatic heterocycles. The summed E-state index contributed by atoms with van der Waals surface area (Å²) in [6.07, 6.45) is -4.67. The Labute approximate surface area is 174 Å². The molecular weight excluding hydrogens is 417 g/mol.